The van der Waals surface area contributed by atoms with E-state index in [0.717, 1.165) is 4.90 Å². The number of nitro groups is 1. The van der Waals surface area contributed by atoms with Crippen molar-refractivity contribution in [3.63, 3.8) is 0 Å². The van der Waals surface area contributed by atoms with Crippen molar-refractivity contribution < 1.29 is 24.0 Å². The van der Waals surface area contributed by atoms with E-state index in [2.05, 4.69) is 0 Å². The predicted octanol–water partition coefficient (Wildman–Crippen LogP) is 3.21. The number of rotatable bonds is 6. The quantitative estimate of drug-likeness (QED) is 0.250. The molecule has 0 saturated heterocycles. The van der Waals surface area contributed by atoms with Crippen LogP contribution in [0.5, 0.6) is 5.75 Å². The fourth-order valence-electron chi connectivity index (χ4n) is 3.06. The summed E-state index contributed by atoms with van der Waals surface area (Å²) in [6.45, 7) is 3.73. The van der Waals surface area contributed by atoms with Crippen LogP contribution in [0.1, 0.15) is 41.0 Å². The average molecular weight is 382 g/mol. The maximum atomic E-state index is 12.8. The third kappa shape index (κ3) is 3.62. The summed E-state index contributed by atoms with van der Waals surface area (Å²) in [6.07, 6.45) is 0.233. The van der Waals surface area contributed by atoms with Gasteiger partial charge in [0.25, 0.3) is 17.5 Å². The topological polar surface area (TPSA) is 107 Å². The summed E-state index contributed by atoms with van der Waals surface area (Å²) in [4.78, 5) is 49.4. The summed E-state index contributed by atoms with van der Waals surface area (Å²) in [5.74, 6) is -1.73. The second-order valence-corrected chi connectivity index (χ2v) is 6.84. The third-order valence-electron chi connectivity index (χ3n) is 4.37. The summed E-state index contributed by atoms with van der Waals surface area (Å²) in [6, 6.07) is 10.3. The van der Waals surface area contributed by atoms with Crippen molar-refractivity contribution in [1.29, 1.82) is 0 Å². The van der Waals surface area contributed by atoms with Gasteiger partial charge < -0.3 is 4.74 Å². The Hall–Kier alpha value is -3.55. The number of esters is 1. The van der Waals surface area contributed by atoms with E-state index in [0.29, 0.717) is 0 Å². The van der Waals surface area contributed by atoms with Crippen LogP contribution in [-0.4, -0.2) is 33.6 Å². The first kappa shape index (κ1) is 19.2. The molecule has 0 fully saturated rings. The highest BCUT2D eigenvalue weighted by molar-refractivity contribution is 6.22. The molecule has 2 amide bonds. The van der Waals surface area contributed by atoms with E-state index < -0.39 is 28.7 Å². The van der Waals surface area contributed by atoms with Crippen molar-refractivity contribution in [1.82, 2.24) is 4.90 Å². The van der Waals surface area contributed by atoms with Gasteiger partial charge in [-0.15, -0.1) is 0 Å². The molecule has 8 heteroatoms. The molecular formula is C20H18N2O6. The second-order valence-electron chi connectivity index (χ2n) is 6.84. The summed E-state index contributed by atoms with van der Waals surface area (Å²) >= 11 is 0. The molecule has 0 bridgehead atoms. The van der Waals surface area contributed by atoms with Crippen molar-refractivity contribution in [3.05, 3.63) is 69.8 Å². The second kappa shape index (κ2) is 7.59. The maximum Gasteiger partial charge on any atom is 0.334 e. The molecule has 28 heavy (non-hydrogen) atoms. The normalized spacial score (nSPS) is 14.2. The molecule has 1 atom stereocenters. The molecule has 8 nitrogen and oxygen atoms in total. The monoisotopic (exact) mass is 382 g/mol. The average Bonchev–Trinajstić information content (AvgIpc) is 2.91. The van der Waals surface area contributed by atoms with Gasteiger partial charge in [-0.1, -0.05) is 26.0 Å². The van der Waals surface area contributed by atoms with Gasteiger partial charge in [-0.25, -0.2) is 4.79 Å². The van der Waals surface area contributed by atoms with E-state index in [4.69, 9.17) is 4.74 Å². The SMILES string of the molecule is CC(C)CC(C(=O)Oc1ccc([N+](=O)[O-])cc1)N1C(=O)c2ccccc2C1=O. The first-order valence-corrected chi connectivity index (χ1v) is 8.72. The molecule has 0 N–H and O–H groups in total. The van der Waals surface area contributed by atoms with Crippen LogP contribution in [-0.2, 0) is 4.79 Å². The van der Waals surface area contributed by atoms with Gasteiger partial charge in [0, 0.05) is 12.1 Å². The lowest BCUT2D eigenvalue weighted by Gasteiger charge is -2.25. The van der Waals surface area contributed by atoms with Crippen LogP contribution in [0.2, 0.25) is 0 Å². The molecule has 0 radical (unpaired) electrons. The zero-order valence-electron chi connectivity index (χ0n) is 15.3. The van der Waals surface area contributed by atoms with Gasteiger partial charge in [0.2, 0.25) is 0 Å². The molecule has 144 valence electrons. The van der Waals surface area contributed by atoms with Gasteiger partial charge in [0.15, 0.2) is 0 Å². The van der Waals surface area contributed by atoms with Crippen LogP contribution in [0.15, 0.2) is 48.5 Å². The van der Waals surface area contributed by atoms with Crippen molar-refractivity contribution >= 4 is 23.5 Å². The summed E-state index contributed by atoms with van der Waals surface area (Å²) in [5.41, 5.74) is 0.368. The Kier molecular flexibility index (Phi) is 5.21. The van der Waals surface area contributed by atoms with Crippen LogP contribution in [0, 0.1) is 16.0 Å². The molecule has 1 aliphatic rings. The van der Waals surface area contributed by atoms with E-state index in [-0.39, 0.29) is 34.9 Å². The van der Waals surface area contributed by atoms with Crippen molar-refractivity contribution in [2.24, 2.45) is 5.92 Å². The van der Waals surface area contributed by atoms with Crippen molar-refractivity contribution in [3.8, 4) is 5.75 Å². The number of carbonyl (C=O) groups excluding carboxylic acids is 3. The molecule has 0 aromatic heterocycles. The predicted molar refractivity (Wildman–Crippen MR) is 98.9 cm³/mol. The number of carbonyl (C=O) groups is 3. The first-order chi connectivity index (χ1) is 13.3. The molecule has 2 aromatic carbocycles. The molecular weight excluding hydrogens is 364 g/mol. The minimum absolute atomic E-state index is 0.0127. The fraction of sp³-hybridized carbons (Fsp3) is 0.250. The maximum absolute atomic E-state index is 12.8. The molecule has 0 spiro atoms. The van der Waals surface area contributed by atoms with Gasteiger partial charge in [-0.3, -0.25) is 24.6 Å². The van der Waals surface area contributed by atoms with Crippen molar-refractivity contribution in [2.75, 3.05) is 0 Å². The number of imide groups is 1. The molecule has 3 rings (SSSR count). The van der Waals surface area contributed by atoms with Gasteiger partial charge in [0.1, 0.15) is 11.8 Å². The lowest BCUT2D eigenvalue weighted by atomic mass is 10.0. The molecule has 1 aliphatic heterocycles. The number of nitro benzene ring substituents is 1. The number of hydrogen-bond acceptors (Lipinski definition) is 6. The fourth-order valence-corrected chi connectivity index (χ4v) is 3.06. The van der Waals surface area contributed by atoms with Gasteiger partial charge in [-0.05, 0) is 36.6 Å². The standard InChI is InChI=1S/C20H18N2O6/c1-12(2)11-17(20(25)28-14-9-7-13(8-10-14)22(26)27)21-18(23)15-5-3-4-6-16(15)19(21)24/h3-10,12,17H,11H2,1-2H3. The molecule has 1 heterocycles. The molecule has 0 saturated carbocycles. The van der Waals surface area contributed by atoms with Crippen LogP contribution < -0.4 is 4.74 Å². The minimum atomic E-state index is -1.09. The smallest absolute Gasteiger partial charge is 0.334 e. The third-order valence-corrected chi connectivity index (χ3v) is 4.37. The van der Waals surface area contributed by atoms with Gasteiger partial charge in [-0.2, -0.15) is 0 Å². The zero-order chi connectivity index (χ0) is 20.4. The van der Waals surface area contributed by atoms with Gasteiger partial charge >= 0.3 is 5.97 Å². The van der Waals surface area contributed by atoms with Gasteiger partial charge in [0.05, 0.1) is 16.1 Å². The summed E-state index contributed by atoms with van der Waals surface area (Å²) in [7, 11) is 0. The Morgan fingerprint density at radius 1 is 1.04 bits per heavy atom. The Bertz CT molecular complexity index is 916. The van der Waals surface area contributed by atoms with E-state index in [9.17, 15) is 24.5 Å². The van der Waals surface area contributed by atoms with E-state index in [1.54, 1.807) is 24.3 Å². The highest BCUT2D eigenvalue weighted by Crippen LogP contribution is 2.28. The van der Waals surface area contributed by atoms with Crippen LogP contribution in [0.4, 0.5) is 5.69 Å². The minimum Gasteiger partial charge on any atom is -0.425 e. The zero-order valence-corrected chi connectivity index (χ0v) is 15.3. The highest BCUT2D eigenvalue weighted by atomic mass is 16.6. The number of fused-ring (bicyclic) bond motifs is 1. The number of non-ortho nitro benzene ring substituents is 1. The Labute approximate surface area is 160 Å². The Balaban J connectivity index is 1.86. The number of benzene rings is 2. The number of hydrogen-bond donors (Lipinski definition) is 0. The summed E-state index contributed by atoms with van der Waals surface area (Å²) < 4.78 is 5.31. The lowest BCUT2D eigenvalue weighted by molar-refractivity contribution is -0.384. The number of ether oxygens (including phenoxy) is 1. The van der Waals surface area contributed by atoms with E-state index >= 15 is 0 Å². The number of amides is 2. The van der Waals surface area contributed by atoms with Crippen LogP contribution >= 0.6 is 0 Å². The molecule has 2 aromatic rings. The number of nitrogens with zero attached hydrogens (tertiary/aromatic N) is 2. The lowest BCUT2D eigenvalue weighted by Crippen LogP contribution is -2.47. The first-order valence-electron chi connectivity index (χ1n) is 8.72. The van der Waals surface area contributed by atoms with E-state index in [1.165, 1.54) is 24.3 Å². The van der Waals surface area contributed by atoms with Crippen molar-refractivity contribution in [2.45, 2.75) is 26.3 Å². The van der Waals surface area contributed by atoms with Crippen LogP contribution in [0.3, 0.4) is 0 Å². The molecule has 0 aliphatic carbocycles. The van der Waals surface area contributed by atoms with E-state index in [1.807, 2.05) is 13.8 Å². The molecule has 1 unspecified atom stereocenters. The highest BCUT2D eigenvalue weighted by Gasteiger charge is 2.43. The summed E-state index contributed by atoms with van der Waals surface area (Å²) in [5, 5.41) is 10.7. The Morgan fingerprint density at radius 3 is 2.04 bits per heavy atom. The largest absolute Gasteiger partial charge is 0.425 e. The van der Waals surface area contributed by atoms with Crippen LogP contribution in [0.25, 0.3) is 0 Å². The Morgan fingerprint density at radius 2 is 1.57 bits per heavy atom.